The van der Waals surface area contributed by atoms with Crippen LogP contribution in [0.3, 0.4) is 0 Å². The predicted octanol–water partition coefficient (Wildman–Crippen LogP) is 1.75. The Hall–Kier alpha value is -1.25. The number of imidazole rings is 1. The van der Waals surface area contributed by atoms with Gasteiger partial charge in [-0.05, 0) is 25.3 Å². The van der Waals surface area contributed by atoms with Crippen molar-refractivity contribution in [1.82, 2.24) is 13.7 Å². The van der Waals surface area contributed by atoms with Crippen molar-refractivity contribution in [2.45, 2.75) is 18.0 Å². The molecular weight excluding hydrogens is 308 g/mol. The van der Waals surface area contributed by atoms with E-state index in [4.69, 9.17) is 0 Å². The lowest BCUT2D eigenvalue weighted by molar-refractivity contribution is 0.413. The number of anilines is 1. The summed E-state index contributed by atoms with van der Waals surface area (Å²) in [6.07, 6.45) is 3.67. The second-order valence-corrected chi connectivity index (χ2v) is 7.59. The van der Waals surface area contributed by atoms with Gasteiger partial charge >= 0.3 is 0 Å². The molecule has 1 unspecified atom stereocenters. The van der Waals surface area contributed by atoms with Crippen LogP contribution in [0.2, 0.25) is 0 Å². The van der Waals surface area contributed by atoms with E-state index in [2.05, 4.69) is 10.3 Å². The predicted molar refractivity (Wildman–Crippen MR) is 87.5 cm³/mol. The van der Waals surface area contributed by atoms with E-state index in [0.717, 1.165) is 5.75 Å². The zero-order valence-corrected chi connectivity index (χ0v) is 14.2. The smallest absolute Gasteiger partial charge is 0.262 e. The zero-order chi connectivity index (χ0) is 15.6. The van der Waals surface area contributed by atoms with E-state index in [1.165, 1.54) is 4.31 Å². The van der Waals surface area contributed by atoms with Crippen LogP contribution in [0, 0.1) is 0 Å². The van der Waals surface area contributed by atoms with Gasteiger partial charge in [-0.3, -0.25) is 4.40 Å². The number of thioether (sulfide) groups is 1. The lowest BCUT2D eigenvalue weighted by atomic mass is 10.4. The minimum atomic E-state index is -3.63. The lowest BCUT2D eigenvalue weighted by Crippen LogP contribution is -2.37. The fourth-order valence-corrected chi connectivity index (χ4v) is 4.52. The summed E-state index contributed by atoms with van der Waals surface area (Å²) in [5.41, 5.74) is 0.603. The maximum absolute atomic E-state index is 12.9. The molecule has 0 saturated carbocycles. The van der Waals surface area contributed by atoms with Crippen molar-refractivity contribution < 1.29 is 8.42 Å². The number of rotatable bonds is 6. The van der Waals surface area contributed by atoms with Crippen molar-refractivity contribution in [1.29, 1.82) is 0 Å². The minimum Gasteiger partial charge on any atom is -0.371 e. The summed E-state index contributed by atoms with van der Waals surface area (Å²) in [5.74, 6) is 1.10. The quantitative estimate of drug-likeness (QED) is 0.875. The van der Waals surface area contributed by atoms with Crippen LogP contribution in [0.25, 0.3) is 5.65 Å². The van der Waals surface area contributed by atoms with E-state index in [1.54, 1.807) is 48.6 Å². The van der Waals surface area contributed by atoms with E-state index in [1.807, 2.05) is 19.2 Å². The highest BCUT2D eigenvalue weighted by molar-refractivity contribution is 7.98. The topological polar surface area (TPSA) is 66.7 Å². The molecule has 0 aromatic carbocycles. The number of sulfonamides is 1. The average Bonchev–Trinajstić information content (AvgIpc) is 2.85. The summed E-state index contributed by atoms with van der Waals surface area (Å²) in [5, 5.41) is 3.05. The molecule has 8 heteroatoms. The van der Waals surface area contributed by atoms with Gasteiger partial charge in [-0.1, -0.05) is 6.07 Å². The van der Waals surface area contributed by atoms with Crippen molar-refractivity contribution in [2.24, 2.45) is 0 Å². The number of aromatic nitrogens is 2. The molecule has 0 bridgehead atoms. The molecule has 0 fully saturated rings. The highest BCUT2D eigenvalue weighted by atomic mass is 32.2. The van der Waals surface area contributed by atoms with Gasteiger partial charge in [-0.2, -0.15) is 16.1 Å². The number of fused-ring (bicyclic) bond motifs is 1. The standard InChI is InChI=1S/C13H20N4O2S2/c1-10(9-20-4)16(3)21(18,19)13-12(14-2)15-11-7-5-6-8-17(11)13/h5-8,10,14H,9H2,1-4H3. The molecule has 21 heavy (non-hydrogen) atoms. The van der Waals surface area contributed by atoms with Gasteiger partial charge in [0.05, 0.1) is 0 Å². The normalized spacial score (nSPS) is 13.8. The second-order valence-electron chi connectivity index (χ2n) is 4.77. The maximum Gasteiger partial charge on any atom is 0.262 e. The van der Waals surface area contributed by atoms with Crippen LogP contribution in [0.4, 0.5) is 5.82 Å². The third kappa shape index (κ3) is 2.88. The third-order valence-electron chi connectivity index (χ3n) is 3.37. The van der Waals surface area contributed by atoms with Gasteiger partial charge in [0.2, 0.25) is 0 Å². The fourth-order valence-electron chi connectivity index (χ4n) is 2.10. The summed E-state index contributed by atoms with van der Waals surface area (Å²) >= 11 is 1.62. The van der Waals surface area contributed by atoms with E-state index in [-0.39, 0.29) is 11.1 Å². The molecule has 0 amide bonds. The van der Waals surface area contributed by atoms with E-state index in [9.17, 15) is 8.42 Å². The Labute approximate surface area is 129 Å². The molecule has 6 nitrogen and oxygen atoms in total. The molecule has 2 aromatic heterocycles. The van der Waals surface area contributed by atoms with Crippen LogP contribution in [0.5, 0.6) is 0 Å². The Morgan fingerprint density at radius 1 is 1.48 bits per heavy atom. The molecule has 0 radical (unpaired) electrons. The first kappa shape index (κ1) is 16.1. The molecule has 2 heterocycles. The highest BCUT2D eigenvalue weighted by Crippen LogP contribution is 2.26. The Balaban J connectivity index is 2.59. The molecule has 0 spiro atoms. The molecular formula is C13H20N4O2S2. The van der Waals surface area contributed by atoms with Crippen molar-refractivity contribution in [2.75, 3.05) is 31.4 Å². The number of nitrogens with zero attached hydrogens (tertiary/aromatic N) is 3. The highest BCUT2D eigenvalue weighted by Gasteiger charge is 2.31. The van der Waals surface area contributed by atoms with Crippen LogP contribution in [0.1, 0.15) is 6.92 Å². The van der Waals surface area contributed by atoms with E-state index >= 15 is 0 Å². The number of hydrogen-bond acceptors (Lipinski definition) is 5. The molecule has 0 aliphatic heterocycles. The first-order valence-corrected chi connectivity index (χ1v) is 9.38. The summed E-state index contributed by atoms with van der Waals surface area (Å²) in [4.78, 5) is 4.33. The number of hydrogen-bond donors (Lipinski definition) is 1. The van der Waals surface area contributed by atoms with Crippen LogP contribution in [-0.4, -0.2) is 54.3 Å². The Morgan fingerprint density at radius 3 is 2.81 bits per heavy atom. The van der Waals surface area contributed by atoms with Crippen molar-refractivity contribution >= 4 is 33.3 Å². The molecule has 1 atom stereocenters. The zero-order valence-electron chi connectivity index (χ0n) is 12.6. The molecule has 2 rings (SSSR count). The van der Waals surface area contributed by atoms with Gasteiger partial charge in [0.1, 0.15) is 5.65 Å². The SMILES string of the molecule is CNc1nc2ccccn2c1S(=O)(=O)N(C)C(C)CSC. The summed E-state index contributed by atoms with van der Waals surface area (Å²) in [6, 6.07) is 5.31. The van der Waals surface area contributed by atoms with Crippen LogP contribution >= 0.6 is 11.8 Å². The lowest BCUT2D eigenvalue weighted by Gasteiger charge is -2.23. The number of pyridine rings is 1. The monoisotopic (exact) mass is 328 g/mol. The summed E-state index contributed by atoms with van der Waals surface area (Å²) in [7, 11) is -0.347. The Bertz CT molecular complexity index is 727. The minimum absolute atomic E-state index is 0.0935. The van der Waals surface area contributed by atoms with Gasteiger partial charge < -0.3 is 5.32 Å². The fraction of sp³-hybridized carbons (Fsp3) is 0.462. The van der Waals surface area contributed by atoms with Gasteiger partial charge in [-0.15, -0.1) is 0 Å². The molecule has 1 N–H and O–H groups in total. The molecule has 0 aliphatic carbocycles. The van der Waals surface area contributed by atoms with Gasteiger partial charge in [0, 0.05) is 32.1 Å². The molecule has 116 valence electrons. The number of nitrogens with one attached hydrogen (secondary N) is 1. The second kappa shape index (κ2) is 6.25. The van der Waals surface area contributed by atoms with Gasteiger partial charge in [0.25, 0.3) is 10.0 Å². The Kier molecular flexibility index (Phi) is 4.80. The van der Waals surface area contributed by atoms with Crippen molar-refractivity contribution in [3.05, 3.63) is 24.4 Å². The molecule has 2 aromatic rings. The van der Waals surface area contributed by atoms with Crippen LogP contribution < -0.4 is 5.32 Å². The third-order valence-corrected chi connectivity index (χ3v) is 6.19. The van der Waals surface area contributed by atoms with E-state index in [0.29, 0.717) is 11.5 Å². The Morgan fingerprint density at radius 2 is 2.19 bits per heavy atom. The maximum atomic E-state index is 12.9. The largest absolute Gasteiger partial charge is 0.371 e. The first-order chi connectivity index (χ1) is 9.93. The van der Waals surface area contributed by atoms with Gasteiger partial charge in [-0.25, -0.2) is 13.4 Å². The summed E-state index contributed by atoms with van der Waals surface area (Å²) < 4.78 is 28.8. The van der Waals surface area contributed by atoms with Crippen molar-refractivity contribution in [3.63, 3.8) is 0 Å². The molecule has 0 saturated heterocycles. The van der Waals surface area contributed by atoms with Crippen LogP contribution in [0.15, 0.2) is 29.4 Å². The molecule has 0 aliphatic rings. The van der Waals surface area contributed by atoms with Crippen molar-refractivity contribution in [3.8, 4) is 0 Å². The van der Waals surface area contributed by atoms with Gasteiger partial charge in [0.15, 0.2) is 10.8 Å². The summed E-state index contributed by atoms with van der Waals surface area (Å²) in [6.45, 7) is 1.90. The van der Waals surface area contributed by atoms with E-state index < -0.39 is 10.0 Å². The average molecular weight is 328 g/mol. The first-order valence-electron chi connectivity index (χ1n) is 6.55. The van der Waals surface area contributed by atoms with Crippen LogP contribution in [-0.2, 0) is 10.0 Å².